The SMILES string of the molecule is Cn1c(C(=O)N2C[C@@H](c3ccccc3F)[C@@]3(CCCCC(=O)N3)C2)cc2cc(F)ccc21. The number of fused-ring (bicyclic) bond motifs is 1. The molecule has 0 aliphatic carbocycles. The Morgan fingerprint density at radius 2 is 1.94 bits per heavy atom. The average molecular weight is 437 g/mol. The Hall–Kier alpha value is -3.22. The lowest BCUT2D eigenvalue weighted by Gasteiger charge is -2.34. The van der Waals surface area contributed by atoms with Crippen molar-refractivity contribution in [3.05, 3.63) is 71.4 Å². The van der Waals surface area contributed by atoms with Crippen molar-refractivity contribution in [2.24, 2.45) is 7.05 Å². The number of carbonyl (C=O) groups excluding carboxylic acids is 2. The molecule has 2 fully saturated rings. The van der Waals surface area contributed by atoms with E-state index in [0.29, 0.717) is 42.6 Å². The highest BCUT2D eigenvalue weighted by molar-refractivity contribution is 5.99. The van der Waals surface area contributed by atoms with Crippen molar-refractivity contribution in [2.75, 3.05) is 13.1 Å². The van der Waals surface area contributed by atoms with Gasteiger partial charge in [0.1, 0.15) is 17.3 Å². The maximum Gasteiger partial charge on any atom is 0.270 e. The minimum atomic E-state index is -0.706. The number of aromatic nitrogens is 1. The normalized spacial score (nSPS) is 23.5. The Labute approximate surface area is 185 Å². The molecule has 0 saturated carbocycles. The van der Waals surface area contributed by atoms with Crippen LogP contribution >= 0.6 is 0 Å². The summed E-state index contributed by atoms with van der Waals surface area (Å²) in [7, 11) is 1.78. The highest BCUT2D eigenvalue weighted by Gasteiger charge is 2.50. The van der Waals surface area contributed by atoms with E-state index in [-0.39, 0.29) is 29.4 Å². The molecule has 3 aromatic rings. The van der Waals surface area contributed by atoms with Crippen molar-refractivity contribution < 1.29 is 18.4 Å². The molecule has 2 atom stereocenters. The maximum atomic E-state index is 14.8. The number of likely N-dealkylation sites (tertiary alicyclic amines) is 1. The average Bonchev–Trinajstić information content (AvgIpc) is 3.21. The number of halogens is 2. The molecule has 5 nitrogen and oxygen atoms in total. The molecule has 166 valence electrons. The van der Waals surface area contributed by atoms with Crippen LogP contribution in [-0.4, -0.2) is 39.9 Å². The molecule has 2 saturated heterocycles. The van der Waals surface area contributed by atoms with Gasteiger partial charge in [-0.2, -0.15) is 0 Å². The van der Waals surface area contributed by atoms with Crippen LogP contribution in [-0.2, 0) is 11.8 Å². The predicted molar refractivity (Wildman–Crippen MR) is 117 cm³/mol. The zero-order valence-electron chi connectivity index (χ0n) is 17.9. The number of nitrogens with one attached hydrogen (secondary N) is 1. The van der Waals surface area contributed by atoms with Gasteiger partial charge in [0.25, 0.3) is 5.91 Å². The highest BCUT2D eigenvalue weighted by atomic mass is 19.1. The van der Waals surface area contributed by atoms with Gasteiger partial charge in [-0.15, -0.1) is 0 Å². The first-order valence-electron chi connectivity index (χ1n) is 11.0. The fraction of sp³-hybridized carbons (Fsp3) is 0.360. The summed E-state index contributed by atoms with van der Waals surface area (Å²) in [6.45, 7) is 0.613. The second-order valence-corrected chi connectivity index (χ2v) is 8.96. The van der Waals surface area contributed by atoms with Crippen LogP contribution < -0.4 is 5.32 Å². The smallest absolute Gasteiger partial charge is 0.270 e. The van der Waals surface area contributed by atoms with Crippen molar-refractivity contribution in [3.63, 3.8) is 0 Å². The Bertz CT molecular complexity index is 1220. The molecule has 2 aliphatic rings. The van der Waals surface area contributed by atoms with E-state index < -0.39 is 5.54 Å². The first-order chi connectivity index (χ1) is 15.4. The summed E-state index contributed by atoms with van der Waals surface area (Å²) in [6.07, 6.45) is 2.73. The number of amides is 2. The summed E-state index contributed by atoms with van der Waals surface area (Å²) >= 11 is 0. The number of benzene rings is 2. The highest BCUT2D eigenvalue weighted by Crippen LogP contribution is 2.42. The fourth-order valence-corrected chi connectivity index (χ4v) is 5.42. The minimum Gasteiger partial charge on any atom is -0.348 e. The zero-order chi connectivity index (χ0) is 22.5. The molecule has 1 spiro atoms. The lowest BCUT2D eigenvalue weighted by atomic mass is 9.78. The summed E-state index contributed by atoms with van der Waals surface area (Å²) in [5.41, 5.74) is 1.01. The first kappa shape index (κ1) is 20.7. The molecular formula is C25H25F2N3O2. The van der Waals surface area contributed by atoms with Crippen LogP contribution in [0.1, 0.15) is 47.7 Å². The molecule has 5 rings (SSSR count). The summed E-state index contributed by atoms with van der Waals surface area (Å²) < 4.78 is 30.3. The molecule has 0 unspecified atom stereocenters. The van der Waals surface area contributed by atoms with Gasteiger partial charge in [0.15, 0.2) is 0 Å². The number of rotatable bonds is 2. The van der Waals surface area contributed by atoms with Crippen molar-refractivity contribution in [2.45, 2.75) is 37.1 Å². The standard InChI is InChI=1S/C25H25F2N3O2/c1-29-21-10-9-17(26)12-16(21)13-22(29)24(32)30-14-19(18-6-2-3-7-20(18)27)25(15-30)11-5-4-8-23(31)28-25/h2-3,6-7,9-10,12-13,19H,4-5,8,11,14-15H2,1H3,(H,28,31)/t19-,25+/m0/s1. The van der Waals surface area contributed by atoms with Gasteiger partial charge >= 0.3 is 0 Å². The Morgan fingerprint density at radius 3 is 2.75 bits per heavy atom. The zero-order valence-corrected chi connectivity index (χ0v) is 17.9. The monoisotopic (exact) mass is 437 g/mol. The van der Waals surface area contributed by atoms with Gasteiger partial charge in [0.05, 0.1) is 5.54 Å². The van der Waals surface area contributed by atoms with E-state index in [1.807, 2.05) is 0 Å². The van der Waals surface area contributed by atoms with Crippen LogP contribution in [0.2, 0.25) is 0 Å². The Balaban J connectivity index is 1.54. The minimum absolute atomic E-state index is 0.0572. The molecular weight excluding hydrogens is 412 g/mol. The Morgan fingerprint density at radius 1 is 1.12 bits per heavy atom. The molecule has 2 amide bonds. The largest absolute Gasteiger partial charge is 0.348 e. The van der Waals surface area contributed by atoms with E-state index in [0.717, 1.165) is 18.4 Å². The third kappa shape index (κ3) is 3.36. The predicted octanol–water partition coefficient (Wildman–Crippen LogP) is 4.13. The summed E-state index contributed by atoms with van der Waals surface area (Å²) in [5.74, 6) is -1.30. The van der Waals surface area contributed by atoms with Gasteiger partial charge in [0.2, 0.25) is 5.91 Å². The molecule has 0 bridgehead atoms. The van der Waals surface area contributed by atoms with Crippen molar-refractivity contribution >= 4 is 22.7 Å². The number of hydrogen-bond donors (Lipinski definition) is 1. The molecule has 2 aromatic carbocycles. The number of hydrogen-bond acceptors (Lipinski definition) is 2. The van der Waals surface area contributed by atoms with Gasteiger partial charge < -0.3 is 14.8 Å². The van der Waals surface area contributed by atoms with Gasteiger partial charge in [0, 0.05) is 43.4 Å². The second-order valence-electron chi connectivity index (χ2n) is 8.96. The van der Waals surface area contributed by atoms with E-state index >= 15 is 0 Å². The van der Waals surface area contributed by atoms with Crippen LogP contribution in [0.3, 0.4) is 0 Å². The van der Waals surface area contributed by atoms with Crippen molar-refractivity contribution in [3.8, 4) is 0 Å². The fourth-order valence-electron chi connectivity index (χ4n) is 5.42. The van der Waals surface area contributed by atoms with Gasteiger partial charge in [-0.1, -0.05) is 24.6 Å². The van der Waals surface area contributed by atoms with Crippen LogP contribution in [0.5, 0.6) is 0 Å². The third-order valence-corrected chi connectivity index (χ3v) is 7.00. The van der Waals surface area contributed by atoms with E-state index in [2.05, 4.69) is 5.32 Å². The maximum absolute atomic E-state index is 14.8. The topological polar surface area (TPSA) is 54.3 Å². The molecule has 0 radical (unpaired) electrons. The summed E-state index contributed by atoms with van der Waals surface area (Å²) in [6, 6.07) is 12.7. The van der Waals surface area contributed by atoms with E-state index in [4.69, 9.17) is 0 Å². The lowest BCUT2D eigenvalue weighted by Crippen LogP contribution is -2.53. The van der Waals surface area contributed by atoms with Crippen molar-refractivity contribution in [1.29, 1.82) is 0 Å². The molecule has 7 heteroatoms. The quantitative estimate of drug-likeness (QED) is 0.656. The Kier molecular flexibility index (Phi) is 4.99. The van der Waals surface area contributed by atoms with E-state index in [9.17, 15) is 18.4 Å². The van der Waals surface area contributed by atoms with Gasteiger partial charge in [-0.3, -0.25) is 9.59 Å². The number of nitrogens with zero attached hydrogens (tertiary/aromatic N) is 2. The second kappa shape index (κ2) is 7.73. The van der Waals surface area contributed by atoms with E-state index in [1.165, 1.54) is 18.2 Å². The molecule has 3 heterocycles. The lowest BCUT2D eigenvalue weighted by molar-refractivity contribution is -0.122. The third-order valence-electron chi connectivity index (χ3n) is 7.00. The number of aryl methyl sites for hydroxylation is 1. The van der Waals surface area contributed by atoms with E-state index in [1.54, 1.807) is 46.8 Å². The molecule has 1 N–H and O–H groups in total. The van der Waals surface area contributed by atoms with Crippen LogP contribution in [0.15, 0.2) is 48.5 Å². The van der Waals surface area contributed by atoms with Gasteiger partial charge in [-0.05, 0) is 48.7 Å². The van der Waals surface area contributed by atoms with Gasteiger partial charge in [-0.25, -0.2) is 8.78 Å². The van der Waals surface area contributed by atoms with Crippen LogP contribution in [0, 0.1) is 11.6 Å². The van der Waals surface area contributed by atoms with Crippen LogP contribution in [0.4, 0.5) is 8.78 Å². The van der Waals surface area contributed by atoms with Crippen LogP contribution in [0.25, 0.3) is 10.9 Å². The summed E-state index contributed by atoms with van der Waals surface area (Å²) in [5, 5.41) is 3.81. The molecule has 2 aliphatic heterocycles. The summed E-state index contributed by atoms with van der Waals surface area (Å²) in [4.78, 5) is 27.8. The van der Waals surface area contributed by atoms with Crippen molar-refractivity contribution in [1.82, 2.24) is 14.8 Å². The molecule has 32 heavy (non-hydrogen) atoms. The number of carbonyl (C=O) groups is 2. The molecule has 1 aromatic heterocycles. The first-order valence-corrected chi connectivity index (χ1v) is 11.0.